The van der Waals surface area contributed by atoms with Crippen molar-refractivity contribution in [2.24, 2.45) is 5.73 Å². The molecule has 0 aliphatic carbocycles. The van der Waals surface area contributed by atoms with Gasteiger partial charge in [-0.25, -0.2) is 9.18 Å². The van der Waals surface area contributed by atoms with Gasteiger partial charge >= 0.3 is 16.0 Å². The Kier molecular flexibility index (Phi) is 5.99. The largest absolute Gasteiger partial charge is 0.382 e. The molecule has 7 nitrogen and oxygen atoms in total. The third-order valence-corrected chi connectivity index (χ3v) is 7.19. The molecule has 0 radical (unpaired) electrons. The lowest BCUT2D eigenvalue weighted by Crippen LogP contribution is -2.65. The number of sulfonamides is 1. The Bertz CT molecular complexity index is 996. The first-order valence-corrected chi connectivity index (χ1v) is 10.7. The smallest absolute Gasteiger partial charge is 0.372 e. The zero-order chi connectivity index (χ0) is 21.1. The number of benzene rings is 2. The fourth-order valence-corrected chi connectivity index (χ4v) is 5.53. The van der Waals surface area contributed by atoms with Gasteiger partial charge in [0.1, 0.15) is 17.3 Å². The molecule has 3 N–H and O–H groups in total. The molecule has 1 aliphatic rings. The van der Waals surface area contributed by atoms with Crippen LogP contribution >= 0.6 is 0 Å². The number of amidine groups is 1. The van der Waals surface area contributed by atoms with E-state index in [1.807, 2.05) is 0 Å². The maximum atomic E-state index is 13.5. The molecule has 1 saturated heterocycles. The lowest BCUT2D eigenvalue weighted by Gasteiger charge is -2.41. The number of hydrogen-bond acceptors (Lipinski definition) is 5. The summed E-state index contributed by atoms with van der Waals surface area (Å²) >= 11 is 0. The second-order valence-electron chi connectivity index (χ2n) is 6.97. The fraction of sp³-hybridized carbons (Fsp3) is 0.300. The number of nitrogens with zero attached hydrogens (tertiary/aromatic N) is 1. The summed E-state index contributed by atoms with van der Waals surface area (Å²) in [5.41, 5.74) is 6.39. The van der Waals surface area contributed by atoms with Crippen LogP contribution in [0, 0.1) is 11.2 Å². The minimum Gasteiger partial charge on any atom is -0.382 e. The lowest BCUT2D eigenvalue weighted by atomic mass is 10.0. The van der Waals surface area contributed by atoms with E-state index in [9.17, 15) is 17.6 Å². The third-order valence-electron chi connectivity index (χ3n) is 5.00. The highest BCUT2D eigenvalue weighted by atomic mass is 32.2. The minimum absolute atomic E-state index is 0.0372. The summed E-state index contributed by atoms with van der Waals surface area (Å²) in [6.07, 6.45) is 1.29. The molecule has 9 heteroatoms. The second-order valence-corrected chi connectivity index (χ2v) is 9.01. The van der Waals surface area contributed by atoms with E-state index in [0.29, 0.717) is 18.4 Å². The van der Waals surface area contributed by atoms with Crippen LogP contribution in [0.1, 0.15) is 24.8 Å². The number of hydroxylamine groups is 2. The number of hydrogen-bond donors (Lipinski definition) is 2. The average molecular weight is 420 g/mol. The van der Waals surface area contributed by atoms with Crippen LogP contribution in [-0.2, 0) is 26.1 Å². The summed E-state index contributed by atoms with van der Waals surface area (Å²) < 4.78 is 39.3. The van der Waals surface area contributed by atoms with Crippen LogP contribution in [0.15, 0.2) is 59.5 Å². The zero-order valence-electron chi connectivity index (χ0n) is 15.8. The van der Waals surface area contributed by atoms with Gasteiger partial charge in [-0.05, 0) is 40.3 Å². The number of nitrogens with one attached hydrogen (secondary N) is 1. The summed E-state index contributed by atoms with van der Waals surface area (Å²) in [6.45, 7) is -0.0372. The van der Waals surface area contributed by atoms with Crippen molar-refractivity contribution in [1.29, 1.82) is 5.41 Å². The van der Waals surface area contributed by atoms with Crippen LogP contribution in [0.5, 0.6) is 0 Å². The molecule has 1 aliphatic heterocycles. The Morgan fingerprint density at radius 2 is 1.79 bits per heavy atom. The first kappa shape index (κ1) is 20.9. The molecule has 2 aromatic rings. The molecule has 0 aromatic heterocycles. The Hall–Kier alpha value is -2.78. The van der Waals surface area contributed by atoms with Crippen molar-refractivity contribution in [3.8, 4) is 0 Å². The predicted molar refractivity (Wildman–Crippen MR) is 105 cm³/mol. The maximum absolute atomic E-state index is 13.5. The van der Waals surface area contributed by atoms with Gasteiger partial charge in [0.05, 0.1) is 6.42 Å². The quantitative estimate of drug-likeness (QED) is 0.424. The van der Waals surface area contributed by atoms with Crippen molar-refractivity contribution in [2.45, 2.75) is 36.6 Å². The maximum Gasteiger partial charge on any atom is 0.372 e. The lowest BCUT2D eigenvalue weighted by molar-refractivity contribution is -1.00. The molecule has 1 unspecified atom stereocenters. The molecule has 29 heavy (non-hydrogen) atoms. The molecule has 0 spiro atoms. The Balaban J connectivity index is 2.03. The molecule has 0 saturated carbocycles. The van der Waals surface area contributed by atoms with Gasteiger partial charge < -0.3 is 5.73 Å². The Labute approximate surface area is 169 Å². The van der Waals surface area contributed by atoms with E-state index in [0.717, 1.165) is 24.3 Å². The van der Waals surface area contributed by atoms with Crippen molar-refractivity contribution in [2.75, 3.05) is 6.54 Å². The van der Waals surface area contributed by atoms with E-state index in [-0.39, 0.29) is 30.1 Å². The highest BCUT2D eigenvalue weighted by molar-refractivity contribution is 7.85. The third kappa shape index (κ3) is 4.15. The Morgan fingerprint density at radius 1 is 1.14 bits per heavy atom. The van der Waals surface area contributed by atoms with Gasteiger partial charge in [-0.3, -0.25) is 10.2 Å². The molecule has 0 amide bonds. The first-order chi connectivity index (χ1) is 13.8. The molecule has 1 fully saturated rings. The van der Waals surface area contributed by atoms with Gasteiger partial charge in [-0.1, -0.05) is 30.3 Å². The van der Waals surface area contributed by atoms with Crippen molar-refractivity contribution in [3.05, 3.63) is 66.0 Å². The highest BCUT2D eigenvalue weighted by Crippen LogP contribution is 2.35. The van der Waals surface area contributed by atoms with Gasteiger partial charge in [0, 0.05) is 12.8 Å². The van der Waals surface area contributed by atoms with E-state index >= 15 is 0 Å². The monoisotopic (exact) mass is 420 g/mol. The molecule has 3 rings (SSSR count). The molecule has 0 bridgehead atoms. The standard InChI is InChI=1S/C20H23FN3O4S/c21-16-9-11-17(12-10-16)29(26,27)24(13-5-4-8-18(24)20(22)23)28-19(25)14-15-6-2-1-3-7-15/h1-3,6-7,9-12,18H,4-5,8,13-14H2,(H3,22,23)/q+1/t18-,24?/m0/s1. The van der Waals surface area contributed by atoms with Gasteiger partial charge in [0.15, 0.2) is 5.84 Å². The van der Waals surface area contributed by atoms with Crippen molar-refractivity contribution in [1.82, 2.24) is 0 Å². The number of halogens is 1. The fourth-order valence-electron chi connectivity index (χ4n) is 3.59. The Morgan fingerprint density at radius 3 is 2.41 bits per heavy atom. The number of quaternary nitrogens is 1. The summed E-state index contributed by atoms with van der Waals surface area (Å²) in [5, 5.41) is 7.93. The normalized spacial score (nSPS) is 22.0. The number of carbonyl (C=O) groups excluding carboxylic acids is 1. The van der Waals surface area contributed by atoms with Crippen LogP contribution in [0.25, 0.3) is 0 Å². The van der Waals surface area contributed by atoms with Gasteiger partial charge in [-0.2, -0.15) is 8.42 Å². The van der Waals surface area contributed by atoms with Crippen LogP contribution in [-0.4, -0.2) is 36.9 Å². The molecular weight excluding hydrogens is 397 g/mol. The number of carbonyl (C=O) groups is 1. The molecule has 2 atom stereocenters. The molecule has 154 valence electrons. The summed E-state index contributed by atoms with van der Waals surface area (Å²) in [7, 11) is -4.32. The summed E-state index contributed by atoms with van der Waals surface area (Å²) in [6, 6.07) is 12.1. The SMILES string of the molecule is N=C(N)[C@@H]1CCCC[N+]1(OC(=O)Cc1ccccc1)S(=O)(=O)c1ccc(F)cc1. The van der Waals surface area contributed by atoms with Crippen molar-refractivity contribution >= 4 is 21.8 Å². The predicted octanol–water partition coefficient (Wildman–Crippen LogP) is 2.52. The van der Waals surface area contributed by atoms with E-state index in [1.165, 1.54) is 0 Å². The van der Waals surface area contributed by atoms with Crippen molar-refractivity contribution < 1.29 is 26.5 Å². The summed E-state index contributed by atoms with van der Waals surface area (Å²) in [4.78, 5) is 18.1. The van der Waals surface area contributed by atoms with E-state index in [2.05, 4.69) is 0 Å². The van der Waals surface area contributed by atoms with Crippen LogP contribution in [0.3, 0.4) is 0 Å². The van der Waals surface area contributed by atoms with Gasteiger partial charge in [0.25, 0.3) is 0 Å². The molecule has 1 heterocycles. The highest BCUT2D eigenvalue weighted by Gasteiger charge is 2.57. The van der Waals surface area contributed by atoms with Gasteiger partial charge in [0.2, 0.25) is 6.04 Å². The first-order valence-electron chi connectivity index (χ1n) is 9.25. The molecule has 2 aromatic carbocycles. The average Bonchev–Trinajstić information content (AvgIpc) is 2.69. The zero-order valence-corrected chi connectivity index (χ0v) is 16.6. The topological polar surface area (TPSA) is 110 Å². The summed E-state index contributed by atoms with van der Waals surface area (Å²) in [5.74, 6) is -1.70. The van der Waals surface area contributed by atoms with Crippen LogP contribution in [0.4, 0.5) is 4.39 Å². The van der Waals surface area contributed by atoms with E-state index < -0.39 is 31.9 Å². The van der Waals surface area contributed by atoms with E-state index in [4.69, 9.17) is 16.0 Å². The van der Waals surface area contributed by atoms with Crippen LogP contribution < -0.4 is 5.73 Å². The van der Waals surface area contributed by atoms with Crippen LogP contribution in [0.2, 0.25) is 0 Å². The number of piperidine rings is 1. The van der Waals surface area contributed by atoms with E-state index in [1.54, 1.807) is 30.3 Å². The number of nitrogens with two attached hydrogens (primary N) is 1. The number of rotatable bonds is 6. The second kappa shape index (κ2) is 8.30. The minimum atomic E-state index is -4.32. The van der Waals surface area contributed by atoms with Crippen molar-refractivity contribution in [3.63, 3.8) is 0 Å². The molecular formula is C20H23FN3O4S+. The van der Waals surface area contributed by atoms with Gasteiger partial charge in [-0.15, -0.1) is 0 Å².